The third kappa shape index (κ3) is 3.18. The summed E-state index contributed by atoms with van der Waals surface area (Å²) in [6, 6.07) is 0.521. The van der Waals surface area contributed by atoms with E-state index in [2.05, 4.69) is 9.72 Å². The van der Waals surface area contributed by atoms with Gasteiger partial charge in [-0.2, -0.15) is 0 Å². The lowest BCUT2D eigenvalue weighted by Crippen LogP contribution is -2.20. The van der Waals surface area contributed by atoms with Gasteiger partial charge in [0.15, 0.2) is 5.69 Å². The molecule has 0 atom stereocenters. The first-order valence-electron chi connectivity index (χ1n) is 4.19. The minimum Gasteiger partial charge on any atom is -0.477 e. The highest BCUT2D eigenvalue weighted by atomic mass is 19.4. The zero-order valence-corrected chi connectivity index (χ0v) is 8.33. The van der Waals surface area contributed by atoms with Crippen molar-refractivity contribution in [1.82, 2.24) is 4.98 Å². The average Bonchev–Trinajstić information content (AvgIpc) is 2.12. The van der Waals surface area contributed by atoms with Crippen LogP contribution in [0.15, 0.2) is 6.07 Å². The maximum absolute atomic E-state index is 12.5. The second kappa shape index (κ2) is 4.63. The van der Waals surface area contributed by atoms with Crippen LogP contribution in [0.25, 0.3) is 0 Å². The van der Waals surface area contributed by atoms with Gasteiger partial charge in [-0.25, -0.2) is 18.6 Å². The van der Waals surface area contributed by atoms with E-state index in [1.807, 2.05) is 0 Å². The second-order valence-corrected chi connectivity index (χ2v) is 2.97. The van der Waals surface area contributed by atoms with Gasteiger partial charge in [-0.15, -0.1) is 13.2 Å². The number of halogens is 5. The molecule has 0 saturated heterocycles. The third-order valence-electron chi connectivity index (χ3n) is 1.71. The predicted molar refractivity (Wildman–Crippen MR) is 47.2 cm³/mol. The maximum atomic E-state index is 12.5. The molecule has 10 heteroatoms. The maximum Gasteiger partial charge on any atom is 0.574 e. The number of nitrogen functional groups attached to an aromatic ring is 1. The van der Waals surface area contributed by atoms with Crippen LogP contribution in [0.2, 0.25) is 0 Å². The van der Waals surface area contributed by atoms with Crippen molar-refractivity contribution < 1.29 is 36.6 Å². The Balaban J connectivity index is 3.38. The molecule has 3 N–H and O–H groups in total. The Bertz CT molecular complexity index is 475. The number of aromatic nitrogens is 1. The van der Waals surface area contributed by atoms with E-state index in [4.69, 9.17) is 10.8 Å². The fraction of sp³-hybridized carbons (Fsp3) is 0.250. The highest BCUT2D eigenvalue weighted by Crippen LogP contribution is 2.35. The predicted octanol–water partition coefficient (Wildman–Crippen LogP) is 2.20. The first-order chi connectivity index (χ1) is 8.11. The Kier molecular flexibility index (Phi) is 3.58. The summed E-state index contributed by atoms with van der Waals surface area (Å²) in [6.45, 7) is 0. The number of nitrogens with zero attached hydrogens (tertiary/aromatic N) is 1. The van der Waals surface area contributed by atoms with Crippen LogP contribution in [0.1, 0.15) is 22.5 Å². The number of ether oxygens (including phenoxy) is 1. The molecule has 0 radical (unpaired) electrons. The summed E-state index contributed by atoms with van der Waals surface area (Å²) < 4.78 is 64.1. The molecular formula is C8H5F5N2O3. The van der Waals surface area contributed by atoms with Gasteiger partial charge in [0.25, 0.3) is 6.43 Å². The standard InChI is InChI=1S/C8H5F5N2O3/c9-5(10)4-2(14)1-3(7(16)17)15-6(4)18-8(11,12)13/h1,5H,(H2,14,15)(H,16,17). The van der Waals surface area contributed by atoms with Crippen LogP contribution < -0.4 is 10.5 Å². The van der Waals surface area contributed by atoms with Crippen molar-refractivity contribution in [2.24, 2.45) is 0 Å². The molecular weight excluding hydrogens is 267 g/mol. The van der Waals surface area contributed by atoms with Crippen LogP contribution in [-0.2, 0) is 0 Å². The molecule has 0 unspecified atom stereocenters. The molecule has 100 valence electrons. The number of carbonyl (C=O) groups is 1. The van der Waals surface area contributed by atoms with E-state index in [0.717, 1.165) is 0 Å². The van der Waals surface area contributed by atoms with E-state index in [1.54, 1.807) is 0 Å². The average molecular weight is 272 g/mol. The molecule has 0 spiro atoms. The Morgan fingerprint density at radius 3 is 2.39 bits per heavy atom. The monoisotopic (exact) mass is 272 g/mol. The second-order valence-electron chi connectivity index (χ2n) is 2.97. The summed E-state index contributed by atoms with van der Waals surface area (Å²) in [4.78, 5) is 13.3. The number of rotatable bonds is 3. The van der Waals surface area contributed by atoms with Crippen molar-refractivity contribution in [2.75, 3.05) is 5.73 Å². The lowest BCUT2D eigenvalue weighted by Gasteiger charge is -2.14. The van der Waals surface area contributed by atoms with E-state index >= 15 is 0 Å². The Labute approximate surface area is 96.0 Å². The van der Waals surface area contributed by atoms with E-state index in [0.29, 0.717) is 6.07 Å². The number of hydrogen-bond donors (Lipinski definition) is 2. The number of hydrogen-bond acceptors (Lipinski definition) is 4. The Morgan fingerprint density at radius 1 is 1.44 bits per heavy atom. The molecule has 0 amide bonds. The Morgan fingerprint density at radius 2 is 2.00 bits per heavy atom. The minimum atomic E-state index is -5.29. The molecule has 1 aromatic rings. The summed E-state index contributed by atoms with van der Waals surface area (Å²) in [5.41, 5.74) is 1.96. The zero-order chi connectivity index (χ0) is 14.1. The zero-order valence-electron chi connectivity index (χ0n) is 8.33. The number of carboxylic acids is 1. The van der Waals surface area contributed by atoms with Crippen LogP contribution >= 0.6 is 0 Å². The van der Waals surface area contributed by atoms with Gasteiger partial charge in [0.05, 0.1) is 0 Å². The first-order valence-corrected chi connectivity index (χ1v) is 4.19. The molecule has 0 fully saturated rings. The molecule has 18 heavy (non-hydrogen) atoms. The summed E-state index contributed by atoms with van der Waals surface area (Å²) in [5.74, 6) is -3.30. The number of alkyl halides is 5. The number of anilines is 1. The molecule has 0 aliphatic carbocycles. The summed E-state index contributed by atoms with van der Waals surface area (Å²) >= 11 is 0. The highest BCUT2D eigenvalue weighted by molar-refractivity contribution is 5.87. The van der Waals surface area contributed by atoms with Crippen molar-refractivity contribution in [1.29, 1.82) is 0 Å². The molecule has 0 bridgehead atoms. The largest absolute Gasteiger partial charge is 0.574 e. The van der Waals surface area contributed by atoms with Gasteiger partial charge < -0.3 is 15.6 Å². The van der Waals surface area contributed by atoms with Crippen LogP contribution in [0.5, 0.6) is 5.88 Å². The van der Waals surface area contributed by atoms with Crippen molar-refractivity contribution in [3.63, 3.8) is 0 Å². The first kappa shape index (κ1) is 13.9. The molecule has 0 saturated carbocycles. The number of pyridine rings is 1. The van der Waals surface area contributed by atoms with Gasteiger partial charge in [0, 0.05) is 5.69 Å². The molecule has 1 aromatic heterocycles. The number of aromatic carboxylic acids is 1. The van der Waals surface area contributed by atoms with Gasteiger partial charge in [0.2, 0.25) is 5.88 Å². The van der Waals surface area contributed by atoms with Crippen molar-refractivity contribution in [3.8, 4) is 5.88 Å². The smallest absolute Gasteiger partial charge is 0.477 e. The van der Waals surface area contributed by atoms with Gasteiger partial charge >= 0.3 is 12.3 Å². The normalized spacial score (nSPS) is 11.7. The minimum absolute atomic E-state index is 0.521. The van der Waals surface area contributed by atoms with Gasteiger partial charge in [-0.1, -0.05) is 0 Å². The fourth-order valence-corrected chi connectivity index (χ4v) is 1.07. The van der Waals surface area contributed by atoms with Crippen LogP contribution in [0.3, 0.4) is 0 Å². The summed E-state index contributed by atoms with van der Waals surface area (Å²) in [6.07, 6.45) is -8.68. The SMILES string of the molecule is Nc1cc(C(=O)O)nc(OC(F)(F)F)c1C(F)F. The Hall–Kier alpha value is -2.13. The fourth-order valence-electron chi connectivity index (χ4n) is 1.07. The third-order valence-corrected chi connectivity index (χ3v) is 1.71. The highest BCUT2D eigenvalue weighted by Gasteiger charge is 2.35. The van der Waals surface area contributed by atoms with E-state index < -0.39 is 41.6 Å². The molecule has 0 aliphatic heterocycles. The lowest BCUT2D eigenvalue weighted by molar-refractivity contribution is -0.276. The van der Waals surface area contributed by atoms with Gasteiger partial charge in [-0.3, -0.25) is 0 Å². The van der Waals surface area contributed by atoms with Crippen molar-refractivity contribution in [2.45, 2.75) is 12.8 Å². The molecule has 5 nitrogen and oxygen atoms in total. The van der Waals surface area contributed by atoms with Crippen molar-refractivity contribution >= 4 is 11.7 Å². The van der Waals surface area contributed by atoms with E-state index in [9.17, 15) is 26.7 Å². The van der Waals surface area contributed by atoms with Gasteiger partial charge in [0.1, 0.15) is 5.56 Å². The quantitative estimate of drug-likeness (QED) is 0.824. The number of nitrogens with two attached hydrogens (primary N) is 1. The van der Waals surface area contributed by atoms with Crippen molar-refractivity contribution in [3.05, 3.63) is 17.3 Å². The molecule has 1 heterocycles. The van der Waals surface area contributed by atoms with Gasteiger partial charge in [-0.05, 0) is 6.07 Å². The summed E-state index contributed by atoms with van der Waals surface area (Å²) in [5, 5.41) is 8.52. The topological polar surface area (TPSA) is 85.4 Å². The van der Waals surface area contributed by atoms with Crippen LogP contribution in [0, 0.1) is 0 Å². The number of carboxylic acid groups (broad SMARTS) is 1. The molecule has 1 rings (SSSR count). The van der Waals surface area contributed by atoms with E-state index in [1.165, 1.54) is 0 Å². The lowest BCUT2D eigenvalue weighted by atomic mass is 10.2. The van der Waals surface area contributed by atoms with Crippen LogP contribution in [0.4, 0.5) is 27.6 Å². The van der Waals surface area contributed by atoms with Crippen LogP contribution in [-0.4, -0.2) is 22.4 Å². The molecule has 0 aliphatic rings. The summed E-state index contributed by atoms with van der Waals surface area (Å²) in [7, 11) is 0. The molecule has 0 aromatic carbocycles. The van der Waals surface area contributed by atoms with E-state index in [-0.39, 0.29) is 0 Å².